The number of carbonyl (C=O) groups is 3. The lowest BCUT2D eigenvalue weighted by Crippen LogP contribution is -2.61. The molecular formula is C34H50FN5O5S. The summed E-state index contributed by atoms with van der Waals surface area (Å²) in [5, 5.41) is 6.11. The molecule has 0 saturated carbocycles. The number of hydrogen-bond acceptors (Lipinski definition) is 6. The van der Waals surface area contributed by atoms with E-state index in [1.54, 1.807) is 20.2 Å². The van der Waals surface area contributed by atoms with Crippen LogP contribution in [0.25, 0.3) is 0 Å². The molecule has 0 saturated heterocycles. The Morgan fingerprint density at radius 3 is 2.02 bits per heavy atom. The van der Waals surface area contributed by atoms with E-state index in [-0.39, 0.29) is 35.4 Å². The van der Waals surface area contributed by atoms with E-state index >= 15 is 0 Å². The number of nitrogens with zero attached hydrogens (tertiary/aromatic N) is 1. The van der Waals surface area contributed by atoms with E-state index < -0.39 is 50.9 Å². The van der Waals surface area contributed by atoms with Crippen LogP contribution < -0.4 is 20.1 Å². The molecule has 0 unspecified atom stereocenters. The minimum Gasteiger partial charge on any atom is -0.342 e. The van der Waals surface area contributed by atoms with Gasteiger partial charge in [-0.15, -0.1) is 0 Å². The third kappa shape index (κ3) is 10.2. The maximum Gasteiger partial charge on any atom is 0.301 e. The molecule has 0 heterocycles. The fourth-order valence-corrected chi connectivity index (χ4v) is 6.04. The van der Waals surface area contributed by atoms with Crippen LogP contribution in [-0.2, 0) is 36.6 Å². The van der Waals surface area contributed by atoms with Gasteiger partial charge in [0.15, 0.2) is 0 Å². The lowest BCUT2D eigenvalue weighted by molar-refractivity contribution is -0.140. The van der Waals surface area contributed by atoms with E-state index in [9.17, 15) is 27.2 Å². The molecule has 0 aliphatic heterocycles. The molecule has 3 atom stereocenters. The molecule has 12 heteroatoms. The van der Waals surface area contributed by atoms with Crippen molar-refractivity contribution in [2.75, 3.05) is 14.1 Å². The van der Waals surface area contributed by atoms with Gasteiger partial charge in [-0.25, -0.2) is 9.11 Å². The van der Waals surface area contributed by atoms with Crippen molar-refractivity contribution in [1.82, 2.24) is 25.0 Å². The Bertz CT molecular complexity index is 1500. The Balaban J connectivity index is 2.26. The van der Waals surface area contributed by atoms with Gasteiger partial charge >= 0.3 is 10.2 Å². The summed E-state index contributed by atoms with van der Waals surface area (Å²) in [4.78, 5) is 42.2. The number of likely N-dealkylation sites (N-methyl/N-ethyl adjacent to an activating group) is 2. The first kappa shape index (κ1) is 38.6. The molecule has 0 aliphatic carbocycles. The zero-order chi connectivity index (χ0) is 35.0. The van der Waals surface area contributed by atoms with Gasteiger partial charge in [0.1, 0.15) is 11.9 Å². The Morgan fingerprint density at radius 1 is 0.935 bits per heavy atom. The van der Waals surface area contributed by atoms with Gasteiger partial charge in [0.2, 0.25) is 11.8 Å². The highest BCUT2D eigenvalue weighted by Crippen LogP contribution is 2.29. The van der Waals surface area contributed by atoms with Crippen LogP contribution >= 0.6 is 0 Å². The fourth-order valence-electron chi connectivity index (χ4n) is 5.22. The van der Waals surface area contributed by atoms with Gasteiger partial charge in [0, 0.05) is 30.1 Å². The Hall–Kier alpha value is -3.61. The van der Waals surface area contributed by atoms with Crippen LogP contribution in [0, 0.1) is 17.2 Å². The summed E-state index contributed by atoms with van der Waals surface area (Å²) >= 11 is 0. The number of halogens is 1. The van der Waals surface area contributed by atoms with Gasteiger partial charge in [0.25, 0.3) is 5.91 Å². The van der Waals surface area contributed by atoms with E-state index in [4.69, 9.17) is 0 Å². The van der Waals surface area contributed by atoms with Crippen LogP contribution in [0.4, 0.5) is 4.39 Å². The maximum absolute atomic E-state index is 14.1. The van der Waals surface area contributed by atoms with Crippen molar-refractivity contribution < 1.29 is 27.2 Å². The third-order valence-corrected chi connectivity index (χ3v) is 9.06. The molecular weight excluding hydrogens is 609 g/mol. The monoisotopic (exact) mass is 659 g/mol. The Labute approximate surface area is 273 Å². The zero-order valence-corrected chi connectivity index (χ0v) is 29.4. The Kier molecular flexibility index (Phi) is 13.2. The second-order valence-corrected chi connectivity index (χ2v) is 15.0. The second kappa shape index (κ2) is 15.8. The van der Waals surface area contributed by atoms with E-state index in [0.29, 0.717) is 0 Å². The van der Waals surface area contributed by atoms with Gasteiger partial charge in [-0.2, -0.15) is 13.1 Å². The first-order chi connectivity index (χ1) is 21.2. The number of hydrogen-bond donors (Lipinski definition) is 4. The van der Waals surface area contributed by atoms with Crippen molar-refractivity contribution in [3.8, 4) is 0 Å². The average molecular weight is 660 g/mol. The van der Waals surface area contributed by atoms with Crippen LogP contribution in [0.5, 0.6) is 0 Å². The van der Waals surface area contributed by atoms with Crippen LogP contribution in [0.1, 0.15) is 66.5 Å². The minimum absolute atomic E-state index is 0.0609. The minimum atomic E-state index is -4.31. The SMILES string of the molecule is CN[C@H](C(=O)N[C@H](C(=O)N(C)[C@H](/C=C(\C)C(=O)NS(=O)(=O)NCc1ccccc1F)C(C)C)C(C)(C)C)C(C)(C)c1ccccc1. The number of rotatable bonds is 14. The maximum atomic E-state index is 14.1. The summed E-state index contributed by atoms with van der Waals surface area (Å²) in [6.45, 7) is 14.3. The smallest absolute Gasteiger partial charge is 0.301 e. The van der Waals surface area contributed by atoms with Crippen molar-refractivity contribution in [3.63, 3.8) is 0 Å². The van der Waals surface area contributed by atoms with E-state index in [2.05, 4.69) is 15.4 Å². The topological polar surface area (TPSA) is 137 Å². The average Bonchev–Trinajstić information content (AvgIpc) is 2.97. The summed E-state index contributed by atoms with van der Waals surface area (Å²) in [6.07, 6.45) is 1.53. The molecule has 3 amide bonds. The van der Waals surface area contributed by atoms with E-state index in [1.807, 2.05) is 83.5 Å². The number of benzene rings is 2. The van der Waals surface area contributed by atoms with Crippen LogP contribution in [0.3, 0.4) is 0 Å². The Morgan fingerprint density at radius 2 is 1.50 bits per heavy atom. The molecule has 0 bridgehead atoms. The van der Waals surface area contributed by atoms with Gasteiger partial charge < -0.3 is 15.5 Å². The first-order valence-electron chi connectivity index (χ1n) is 15.3. The number of nitrogens with one attached hydrogen (secondary N) is 4. The van der Waals surface area contributed by atoms with Gasteiger partial charge in [-0.3, -0.25) is 14.4 Å². The molecule has 2 aromatic rings. The predicted octanol–water partition coefficient (Wildman–Crippen LogP) is 3.80. The first-order valence-corrected chi connectivity index (χ1v) is 16.7. The molecule has 46 heavy (non-hydrogen) atoms. The van der Waals surface area contributed by atoms with Crippen LogP contribution in [0.15, 0.2) is 66.2 Å². The fraction of sp³-hybridized carbons (Fsp3) is 0.500. The van der Waals surface area contributed by atoms with Crippen molar-refractivity contribution in [1.29, 1.82) is 0 Å². The third-order valence-electron chi connectivity index (χ3n) is 8.08. The lowest BCUT2D eigenvalue weighted by atomic mass is 9.76. The van der Waals surface area contributed by atoms with Crippen LogP contribution in [-0.4, -0.2) is 63.3 Å². The molecule has 10 nitrogen and oxygen atoms in total. The highest BCUT2D eigenvalue weighted by molar-refractivity contribution is 7.88. The summed E-state index contributed by atoms with van der Waals surface area (Å²) in [5.41, 5.74) is -0.131. The molecule has 0 fully saturated rings. The normalized spacial score (nSPS) is 14.7. The zero-order valence-electron chi connectivity index (χ0n) is 28.6. The van der Waals surface area contributed by atoms with Crippen molar-refractivity contribution in [2.24, 2.45) is 11.3 Å². The van der Waals surface area contributed by atoms with Gasteiger partial charge in [-0.05, 0) is 36.9 Å². The van der Waals surface area contributed by atoms with Crippen molar-refractivity contribution >= 4 is 27.9 Å². The molecule has 0 radical (unpaired) electrons. The highest BCUT2D eigenvalue weighted by Gasteiger charge is 2.41. The quantitative estimate of drug-likeness (QED) is 0.228. The standard InChI is InChI=1S/C34H50FN5O5S/c1-22(2)27(20-23(3)30(41)39-46(44,45)37-21-24-16-14-15-19-26(24)35)40(10)32(43)29(33(4,5)6)38-31(42)28(36-9)34(7,8)25-17-12-11-13-18-25/h11-20,22,27-29,36-37H,21H2,1-10H3,(H,38,42)(H,39,41)/b23-20+/t27-,28-,29-/m1/s1. The molecule has 4 N–H and O–H groups in total. The largest absolute Gasteiger partial charge is 0.342 e. The van der Waals surface area contributed by atoms with E-state index in [0.717, 1.165) is 5.56 Å². The molecule has 0 aromatic heterocycles. The lowest BCUT2D eigenvalue weighted by Gasteiger charge is -2.40. The molecule has 0 spiro atoms. The molecule has 0 aliphatic rings. The second-order valence-electron chi connectivity index (χ2n) is 13.5. The van der Waals surface area contributed by atoms with Crippen LogP contribution in [0.2, 0.25) is 0 Å². The molecule has 2 rings (SSSR count). The molecule has 2 aromatic carbocycles. The summed E-state index contributed by atoms with van der Waals surface area (Å²) in [6, 6.07) is 13.2. The summed E-state index contributed by atoms with van der Waals surface area (Å²) in [7, 11) is -1.01. The van der Waals surface area contributed by atoms with Crippen molar-refractivity contribution in [3.05, 3.63) is 83.2 Å². The summed E-state index contributed by atoms with van der Waals surface area (Å²) in [5.74, 6) is -2.35. The van der Waals surface area contributed by atoms with Gasteiger partial charge in [0.05, 0.1) is 12.1 Å². The predicted molar refractivity (Wildman–Crippen MR) is 179 cm³/mol. The van der Waals surface area contributed by atoms with Crippen molar-refractivity contribution in [2.45, 2.75) is 85.5 Å². The molecule has 254 valence electrons. The number of carbonyl (C=O) groups excluding carboxylic acids is 3. The number of amides is 3. The highest BCUT2D eigenvalue weighted by atomic mass is 32.2. The van der Waals surface area contributed by atoms with Gasteiger partial charge in [-0.1, -0.05) is 103 Å². The summed E-state index contributed by atoms with van der Waals surface area (Å²) < 4.78 is 43.1. The van der Waals surface area contributed by atoms with E-state index in [1.165, 1.54) is 36.1 Å².